The molecule has 7 heteroatoms. The highest BCUT2D eigenvalue weighted by molar-refractivity contribution is 5.91. The number of carbonyl (C=O) groups is 1. The lowest BCUT2D eigenvalue weighted by atomic mass is 10.2. The fourth-order valence-corrected chi connectivity index (χ4v) is 1.53. The van der Waals surface area contributed by atoms with Crippen molar-refractivity contribution in [3.05, 3.63) is 11.9 Å². The minimum Gasteiger partial charge on any atom is -0.336 e. The summed E-state index contributed by atoms with van der Waals surface area (Å²) in [5.41, 5.74) is 5.68. The molecule has 0 saturated carbocycles. The van der Waals surface area contributed by atoms with Crippen molar-refractivity contribution < 1.29 is 4.79 Å². The molecule has 1 atom stereocenters. The zero-order chi connectivity index (χ0) is 13.5. The largest absolute Gasteiger partial charge is 0.336 e. The summed E-state index contributed by atoms with van der Waals surface area (Å²) in [5, 5.41) is 16.4. The standard InChI is InChI=1S/C11H18N6O/c1-3-16(7-9(2)6-13)11(18)10-8-17(5-4-12)15-14-10/h8-9H,3-5,7,12H2,1-2H3. The predicted molar refractivity (Wildman–Crippen MR) is 65.4 cm³/mol. The highest BCUT2D eigenvalue weighted by atomic mass is 16.2. The van der Waals surface area contributed by atoms with E-state index in [1.165, 1.54) is 4.68 Å². The highest BCUT2D eigenvalue weighted by Gasteiger charge is 2.19. The predicted octanol–water partition coefficient (Wildman–Crippen LogP) is -0.141. The van der Waals surface area contributed by atoms with Gasteiger partial charge in [-0.05, 0) is 13.8 Å². The van der Waals surface area contributed by atoms with Crippen LogP contribution in [0.25, 0.3) is 0 Å². The molecule has 0 aliphatic heterocycles. The monoisotopic (exact) mass is 250 g/mol. The van der Waals surface area contributed by atoms with E-state index in [2.05, 4.69) is 16.4 Å². The van der Waals surface area contributed by atoms with Crippen molar-refractivity contribution in [3.8, 4) is 6.07 Å². The number of rotatable bonds is 6. The Morgan fingerprint density at radius 3 is 3.00 bits per heavy atom. The second-order valence-corrected chi connectivity index (χ2v) is 4.03. The van der Waals surface area contributed by atoms with Crippen LogP contribution in [-0.2, 0) is 6.54 Å². The lowest BCUT2D eigenvalue weighted by molar-refractivity contribution is 0.0746. The number of carbonyl (C=O) groups excluding carboxylic acids is 1. The molecule has 0 radical (unpaired) electrons. The maximum absolute atomic E-state index is 12.1. The van der Waals surface area contributed by atoms with Gasteiger partial charge in [-0.3, -0.25) is 9.48 Å². The lowest BCUT2D eigenvalue weighted by Crippen LogP contribution is -2.34. The molecule has 1 heterocycles. The van der Waals surface area contributed by atoms with E-state index in [1.807, 2.05) is 6.92 Å². The van der Waals surface area contributed by atoms with Gasteiger partial charge in [0.05, 0.1) is 24.7 Å². The van der Waals surface area contributed by atoms with E-state index in [1.54, 1.807) is 18.0 Å². The molecule has 1 aromatic heterocycles. The van der Waals surface area contributed by atoms with Crippen LogP contribution in [0, 0.1) is 17.2 Å². The Balaban J connectivity index is 2.73. The van der Waals surface area contributed by atoms with Crippen molar-refractivity contribution >= 4 is 5.91 Å². The molecule has 7 nitrogen and oxygen atoms in total. The summed E-state index contributed by atoms with van der Waals surface area (Å²) in [5.74, 6) is -0.407. The third kappa shape index (κ3) is 3.53. The van der Waals surface area contributed by atoms with Crippen LogP contribution < -0.4 is 5.73 Å². The summed E-state index contributed by atoms with van der Waals surface area (Å²) in [6.07, 6.45) is 1.58. The fourth-order valence-electron chi connectivity index (χ4n) is 1.53. The average molecular weight is 250 g/mol. The molecule has 1 aromatic rings. The summed E-state index contributed by atoms with van der Waals surface area (Å²) in [7, 11) is 0. The molecule has 0 aliphatic carbocycles. The molecule has 98 valence electrons. The van der Waals surface area contributed by atoms with Crippen molar-refractivity contribution in [3.63, 3.8) is 0 Å². The van der Waals surface area contributed by atoms with Crippen molar-refractivity contribution in [2.75, 3.05) is 19.6 Å². The molecule has 0 saturated heterocycles. The van der Waals surface area contributed by atoms with E-state index < -0.39 is 0 Å². The fraction of sp³-hybridized carbons (Fsp3) is 0.636. The average Bonchev–Trinajstić information content (AvgIpc) is 2.83. The van der Waals surface area contributed by atoms with Crippen LogP contribution in [0.4, 0.5) is 0 Å². The normalized spacial score (nSPS) is 11.9. The molecule has 18 heavy (non-hydrogen) atoms. The van der Waals surface area contributed by atoms with Crippen molar-refractivity contribution in [2.24, 2.45) is 11.7 Å². The zero-order valence-corrected chi connectivity index (χ0v) is 10.7. The minimum atomic E-state index is -0.206. The zero-order valence-electron chi connectivity index (χ0n) is 10.7. The van der Waals surface area contributed by atoms with Gasteiger partial charge in [0.15, 0.2) is 5.69 Å². The summed E-state index contributed by atoms with van der Waals surface area (Å²) in [4.78, 5) is 13.7. The van der Waals surface area contributed by atoms with Gasteiger partial charge in [0.25, 0.3) is 5.91 Å². The molecule has 0 bridgehead atoms. The van der Waals surface area contributed by atoms with Gasteiger partial charge < -0.3 is 10.6 Å². The topological polar surface area (TPSA) is 101 Å². The first-order valence-electron chi connectivity index (χ1n) is 5.91. The highest BCUT2D eigenvalue weighted by Crippen LogP contribution is 2.04. The number of hydrogen-bond acceptors (Lipinski definition) is 5. The molecule has 2 N–H and O–H groups in total. The Morgan fingerprint density at radius 1 is 1.72 bits per heavy atom. The summed E-state index contributed by atoms with van der Waals surface area (Å²) < 4.78 is 1.54. The van der Waals surface area contributed by atoms with Gasteiger partial charge >= 0.3 is 0 Å². The number of aromatic nitrogens is 3. The minimum absolute atomic E-state index is 0.201. The summed E-state index contributed by atoms with van der Waals surface area (Å²) in [6, 6.07) is 2.11. The second kappa shape index (κ2) is 6.71. The van der Waals surface area contributed by atoms with E-state index >= 15 is 0 Å². The van der Waals surface area contributed by atoms with Crippen LogP contribution in [0.5, 0.6) is 0 Å². The first-order valence-corrected chi connectivity index (χ1v) is 5.91. The Labute approximate surface area is 106 Å². The van der Waals surface area contributed by atoms with Crippen LogP contribution in [0.3, 0.4) is 0 Å². The molecule has 0 spiro atoms. The molecule has 0 fully saturated rings. The second-order valence-electron chi connectivity index (χ2n) is 4.03. The maximum Gasteiger partial charge on any atom is 0.276 e. The van der Waals surface area contributed by atoms with Gasteiger partial charge in [-0.1, -0.05) is 5.21 Å². The Morgan fingerprint density at radius 2 is 2.44 bits per heavy atom. The molecule has 1 rings (SSSR count). The number of nitrogens with two attached hydrogens (primary N) is 1. The molecule has 0 aromatic carbocycles. The van der Waals surface area contributed by atoms with E-state index in [0.29, 0.717) is 26.2 Å². The molecular formula is C11H18N6O. The first-order chi connectivity index (χ1) is 8.62. The Bertz CT molecular complexity index is 435. The summed E-state index contributed by atoms with van der Waals surface area (Å²) >= 11 is 0. The van der Waals surface area contributed by atoms with Gasteiger partial charge in [-0.25, -0.2) is 0 Å². The summed E-state index contributed by atoms with van der Waals surface area (Å²) in [6.45, 7) is 5.55. The van der Waals surface area contributed by atoms with Gasteiger partial charge in [-0.15, -0.1) is 5.10 Å². The van der Waals surface area contributed by atoms with Crippen LogP contribution in [0.2, 0.25) is 0 Å². The van der Waals surface area contributed by atoms with Crippen LogP contribution in [-0.4, -0.2) is 45.4 Å². The third-order valence-electron chi connectivity index (χ3n) is 2.50. The van der Waals surface area contributed by atoms with Crippen molar-refractivity contribution in [1.29, 1.82) is 5.26 Å². The number of nitrogens with zero attached hydrogens (tertiary/aromatic N) is 5. The number of hydrogen-bond donors (Lipinski definition) is 1. The molecule has 0 aliphatic rings. The lowest BCUT2D eigenvalue weighted by Gasteiger charge is -2.20. The van der Waals surface area contributed by atoms with Gasteiger partial charge in [0.2, 0.25) is 0 Å². The molecule has 1 unspecified atom stereocenters. The van der Waals surface area contributed by atoms with Gasteiger partial charge in [0, 0.05) is 19.6 Å². The number of nitriles is 1. The SMILES string of the molecule is CCN(CC(C)C#N)C(=O)c1cn(CCN)nn1. The first kappa shape index (κ1) is 14.1. The van der Waals surface area contributed by atoms with Gasteiger partial charge in [-0.2, -0.15) is 5.26 Å². The van der Waals surface area contributed by atoms with Crippen molar-refractivity contribution in [1.82, 2.24) is 19.9 Å². The third-order valence-corrected chi connectivity index (χ3v) is 2.50. The van der Waals surface area contributed by atoms with E-state index in [9.17, 15) is 4.79 Å². The van der Waals surface area contributed by atoms with Crippen LogP contribution in [0.1, 0.15) is 24.3 Å². The number of amides is 1. The van der Waals surface area contributed by atoms with Crippen LogP contribution >= 0.6 is 0 Å². The van der Waals surface area contributed by atoms with E-state index in [4.69, 9.17) is 11.0 Å². The van der Waals surface area contributed by atoms with Crippen molar-refractivity contribution in [2.45, 2.75) is 20.4 Å². The Kier molecular flexibility index (Phi) is 5.27. The molecular weight excluding hydrogens is 232 g/mol. The van der Waals surface area contributed by atoms with E-state index in [-0.39, 0.29) is 17.5 Å². The Hall–Kier alpha value is -1.94. The van der Waals surface area contributed by atoms with Crippen LogP contribution in [0.15, 0.2) is 6.20 Å². The maximum atomic E-state index is 12.1. The van der Waals surface area contributed by atoms with E-state index in [0.717, 1.165) is 0 Å². The van der Waals surface area contributed by atoms with Gasteiger partial charge in [0.1, 0.15) is 0 Å². The smallest absolute Gasteiger partial charge is 0.276 e. The molecule has 1 amide bonds. The quantitative estimate of drug-likeness (QED) is 0.757.